The van der Waals surface area contributed by atoms with E-state index in [2.05, 4.69) is 4.74 Å². The zero-order valence-electron chi connectivity index (χ0n) is 13.0. The molecule has 0 aliphatic heterocycles. The van der Waals surface area contributed by atoms with Crippen LogP contribution in [0.4, 0.5) is 0 Å². The van der Waals surface area contributed by atoms with Crippen molar-refractivity contribution < 1.29 is 71.2 Å². The fourth-order valence-corrected chi connectivity index (χ4v) is 1.53. The molecule has 0 aromatic heterocycles. The van der Waals surface area contributed by atoms with Crippen molar-refractivity contribution in [1.82, 2.24) is 0 Å². The fourth-order valence-electron chi connectivity index (χ4n) is 1.53. The molecule has 6 N–H and O–H groups in total. The molecular formula is C13H19NaO8. The van der Waals surface area contributed by atoms with Crippen molar-refractivity contribution in [2.24, 2.45) is 0 Å². The fraction of sp³-hybridized carbons (Fsp3) is 0.462. The number of carbonyl (C=O) groups excluding carboxylic acids is 1. The normalized spacial score (nSPS) is 17.5. The molecule has 0 aliphatic rings. The summed E-state index contributed by atoms with van der Waals surface area (Å²) in [5.41, 5.74) is 0.120. The van der Waals surface area contributed by atoms with E-state index in [1.54, 1.807) is 18.2 Å². The number of esters is 1. The average Bonchev–Trinajstić information content (AvgIpc) is 2.52. The molecule has 1 aromatic carbocycles. The number of aliphatic hydroxyl groups is 6. The van der Waals surface area contributed by atoms with Crippen molar-refractivity contribution in [3.05, 3.63) is 35.9 Å². The van der Waals surface area contributed by atoms with Crippen LogP contribution in [0, 0.1) is 0 Å². The van der Waals surface area contributed by atoms with Crippen molar-refractivity contribution in [1.29, 1.82) is 0 Å². The summed E-state index contributed by atoms with van der Waals surface area (Å²) in [5.74, 6) is -0.938. The zero-order chi connectivity index (χ0) is 16.0. The SMILES string of the molecule is O=C(OC(O)[C@H](O)[C@@H](O)[C@H](O)[C@H](O)CO)c1ccccc1.[H-].[Na+]. The van der Waals surface area contributed by atoms with E-state index in [0.717, 1.165) is 0 Å². The Bertz CT molecular complexity index is 449. The van der Waals surface area contributed by atoms with E-state index < -0.39 is 43.3 Å². The van der Waals surface area contributed by atoms with E-state index in [1.807, 2.05) is 0 Å². The maximum absolute atomic E-state index is 11.6. The summed E-state index contributed by atoms with van der Waals surface area (Å²) in [7, 11) is 0. The molecule has 1 aromatic rings. The summed E-state index contributed by atoms with van der Waals surface area (Å²) in [4.78, 5) is 11.6. The molecule has 0 heterocycles. The molecule has 9 heteroatoms. The smallest absolute Gasteiger partial charge is 1.00 e. The van der Waals surface area contributed by atoms with Crippen molar-refractivity contribution in [3.63, 3.8) is 0 Å². The largest absolute Gasteiger partial charge is 1.00 e. The third-order valence-electron chi connectivity index (χ3n) is 2.81. The van der Waals surface area contributed by atoms with Crippen LogP contribution in [0.25, 0.3) is 0 Å². The predicted octanol–water partition coefficient (Wildman–Crippen LogP) is -5.29. The second-order valence-corrected chi connectivity index (χ2v) is 4.38. The van der Waals surface area contributed by atoms with Gasteiger partial charge in [-0.1, -0.05) is 18.2 Å². The molecule has 22 heavy (non-hydrogen) atoms. The predicted molar refractivity (Wildman–Crippen MR) is 70.1 cm³/mol. The minimum absolute atomic E-state index is 0. The molecule has 5 atom stereocenters. The Morgan fingerprint density at radius 2 is 1.55 bits per heavy atom. The Balaban J connectivity index is 0. The summed E-state index contributed by atoms with van der Waals surface area (Å²) >= 11 is 0. The third-order valence-corrected chi connectivity index (χ3v) is 2.81. The number of carbonyl (C=O) groups is 1. The minimum atomic E-state index is -2.12. The molecule has 0 aliphatic carbocycles. The molecule has 0 amide bonds. The van der Waals surface area contributed by atoms with E-state index in [4.69, 9.17) is 10.2 Å². The van der Waals surface area contributed by atoms with Gasteiger partial charge < -0.3 is 36.8 Å². The Hall–Kier alpha value is -0.550. The van der Waals surface area contributed by atoms with Crippen LogP contribution >= 0.6 is 0 Å². The van der Waals surface area contributed by atoms with Crippen LogP contribution in [0.1, 0.15) is 11.8 Å². The molecule has 0 radical (unpaired) electrons. The Kier molecular flexibility index (Phi) is 10.0. The van der Waals surface area contributed by atoms with Gasteiger partial charge in [0.25, 0.3) is 0 Å². The summed E-state index contributed by atoms with van der Waals surface area (Å²) in [5, 5.41) is 55.7. The zero-order valence-corrected chi connectivity index (χ0v) is 14.0. The average molecular weight is 326 g/mol. The maximum Gasteiger partial charge on any atom is 1.00 e. The number of rotatable bonds is 7. The van der Waals surface area contributed by atoms with Gasteiger partial charge in [0.15, 0.2) is 0 Å². The van der Waals surface area contributed by atoms with Gasteiger partial charge in [0.2, 0.25) is 6.29 Å². The number of hydrogen-bond acceptors (Lipinski definition) is 8. The summed E-state index contributed by atoms with van der Waals surface area (Å²) < 4.78 is 4.53. The summed E-state index contributed by atoms with van der Waals surface area (Å²) in [6.45, 7) is -0.856. The van der Waals surface area contributed by atoms with E-state index >= 15 is 0 Å². The van der Waals surface area contributed by atoms with Crippen molar-refractivity contribution in [2.75, 3.05) is 6.61 Å². The van der Waals surface area contributed by atoms with Gasteiger partial charge in [0.1, 0.15) is 24.4 Å². The summed E-state index contributed by atoms with van der Waals surface area (Å²) in [6.07, 6.45) is -9.84. The van der Waals surface area contributed by atoms with Crippen LogP contribution in [0.2, 0.25) is 0 Å². The third kappa shape index (κ3) is 5.92. The van der Waals surface area contributed by atoms with Crippen molar-refractivity contribution >= 4 is 5.97 Å². The quantitative estimate of drug-likeness (QED) is 0.165. The minimum Gasteiger partial charge on any atom is -1.00 e. The van der Waals surface area contributed by atoms with Gasteiger partial charge in [-0.3, -0.25) is 0 Å². The Labute approximate surface area is 150 Å². The van der Waals surface area contributed by atoms with Crippen LogP contribution in [-0.2, 0) is 4.74 Å². The second-order valence-electron chi connectivity index (χ2n) is 4.38. The first-order valence-electron chi connectivity index (χ1n) is 6.15. The molecular weight excluding hydrogens is 307 g/mol. The first-order chi connectivity index (χ1) is 9.88. The monoisotopic (exact) mass is 326 g/mol. The second kappa shape index (κ2) is 10.3. The number of aliphatic hydroxyl groups excluding tert-OH is 6. The topological polar surface area (TPSA) is 148 Å². The van der Waals surface area contributed by atoms with Crippen LogP contribution in [0.3, 0.4) is 0 Å². The van der Waals surface area contributed by atoms with E-state index in [0.29, 0.717) is 0 Å². The molecule has 0 saturated carbocycles. The molecule has 0 bridgehead atoms. The van der Waals surface area contributed by atoms with Crippen LogP contribution in [-0.4, -0.2) is 73.9 Å². The molecule has 0 spiro atoms. The molecule has 1 unspecified atom stereocenters. The number of ether oxygens (including phenoxy) is 1. The first kappa shape index (κ1) is 21.4. The Morgan fingerprint density at radius 1 is 1.00 bits per heavy atom. The summed E-state index contributed by atoms with van der Waals surface area (Å²) in [6, 6.07) is 7.63. The molecule has 8 nitrogen and oxygen atoms in total. The van der Waals surface area contributed by atoms with Gasteiger partial charge in [-0.2, -0.15) is 0 Å². The van der Waals surface area contributed by atoms with Gasteiger partial charge in [0.05, 0.1) is 12.2 Å². The van der Waals surface area contributed by atoms with Gasteiger partial charge in [-0.25, -0.2) is 4.79 Å². The van der Waals surface area contributed by atoms with E-state index in [-0.39, 0.29) is 36.5 Å². The molecule has 1 rings (SSSR count). The van der Waals surface area contributed by atoms with Crippen LogP contribution in [0.15, 0.2) is 30.3 Å². The number of benzene rings is 1. The molecule has 0 saturated heterocycles. The number of hydrogen-bond donors (Lipinski definition) is 6. The first-order valence-corrected chi connectivity index (χ1v) is 6.15. The molecule has 120 valence electrons. The van der Waals surface area contributed by atoms with Gasteiger partial charge >= 0.3 is 35.5 Å². The van der Waals surface area contributed by atoms with Crippen LogP contribution in [0.5, 0.6) is 0 Å². The van der Waals surface area contributed by atoms with Gasteiger partial charge in [-0.15, -0.1) is 0 Å². The van der Waals surface area contributed by atoms with E-state index in [9.17, 15) is 25.2 Å². The van der Waals surface area contributed by atoms with Crippen molar-refractivity contribution in [3.8, 4) is 0 Å². The Morgan fingerprint density at radius 3 is 2.05 bits per heavy atom. The van der Waals surface area contributed by atoms with Gasteiger partial charge in [-0.05, 0) is 12.1 Å². The van der Waals surface area contributed by atoms with Gasteiger partial charge in [0, 0.05) is 0 Å². The van der Waals surface area contributed by atoms with Crippen LogP contribution < -0.4 is 29.6 Å². The molecule has 0 fully saturated rings. The van der Waals surface area contributed by atoms with Crippen molar-refractivity contribution in [2.45, 2.75) is 30.7 Å². The van der Waals surface area contributed by atoms with E-state index in [1.165, 1.54) is 12.1 Å². The maximum atomic E-state index is 11.6. The standard InChI is InChI=1S/C13H18O8.Na.H/c14-6-8(15)9(16)10(17)11(18)13(20)21-12(19)7-4-2-1-3-5-7;;/h1-5,8-11,13-18,20H,6H2;;/q;+1;-1/t8-,9-,10+,11-,13?;;/m1../s1.